The van der Waals surface area contributed by atoms with Crippen LogP contribution in [0.15, 0.2) is 103 Å². The second-order valence-corrected chi connectivity index (χ2v) is 6.92. The third-order valence-corrected chi connectivity index (χ3v) is 5.01. The molecule has 0 atom stereocenters. The largest absolute Gasteiger partial charge is 0.294 e. The molecule has 0 amide bonds. The van der Waals surface area contributed by atoms with E-state index in [2.05, 4.69) is 24.3 Å². The fraction of sp³-hybridized carbons (Fsp3) is 0.0370. The molecule has 0 radical (unpaired) electrons. The molecule has 0 aliphatic heterocycles. The van der Waals surface area contributed by atoms with E-state index in [1.54, 1.807) is 6.08 Å². The van der Waals surface area contributed by atoms with E-state index in [1.165, 1.54) is 6.92 Å². The van der Waals surface area contributed by atoms with Gasteiger partial charge >= 0.3 is 0 Å². The topological polar surface area (TPSA) is 34.1 Å². The number of Topliss-reactive ketones (excluding diaryl/α,β-unsaturated/α-hetero) is 2. The summed E-state index contributed by atoms with van der Waals surface area (Å²) >= 11 is 0. The molecule has 140 valence electrons. The lowest BCUT2D eigenvalue weighted by molar-refractivity contribution is -0.117. The number of carbonyl (C=O) groups excluding carboxylic acids is 2. The van der Waals surface area contributed by atoms with Gasteiger partial charge in [-0.1, -0.05) is 91.0 Å². The molecule has 0 spiro atoms. The number of allylic oxidation sites excluding steroid dienone is 4. The number of ketones is 2. The monoisotopic (exact) mass is 376 g/mol. The Labute approximate surface area is 170 Å². The van der Waals surface area contributed by atoms with Crippen molar-refractivity contribution in [2.24, 2.45) is 0 Å². The van der Waals surface area contributed by atoms with E-state index in [-0.39, 0.29) is 17.1 Å². The molecule has 0 aromatic heterocycles. The van der Waals surface area contributed by atoms with Gasteiger partial charge in [-0.3, -0.25) is 9.59 Å². The van der Waals surface area contributed by atoms with Crippen LogP contribution in [0.4, 0.5) is 0 Å². The van der Waals surface area contributed by atoms with Gasteiger partial charge in [0.05, 0.1) is 5.57 Å². The molecule has 0 bridgehead atoms. The van der Waals surface area contributed by atoms with Crippen LogP contribution < -0.4 is 0 Å². The molecular formula is C27H20O2. The van der Waals surface area contributed by atoms with Gasteiger partial charge in [0, 0.05) is 5.57 Å². The normalized spacial score (nSPS) is 14.2. The van der Waals surface area contributed by atoms with Crippen molar-refractivity contribution in [3.63, 3.8) is 0 Å². The quantitative estimate of drug-likeness (QED) is 0.429. The van der Waals surface area contributed by atoms with E-state index < -0.39 is 0 Å². The Morgan fingerprint density at radius 1 is 0.759 bits per heavy atom. The molecule has 1 aliphatic carbocycles. The molecule has 2 nitrogen and oxygen atoms in total. The minimum absolute atomic E-state index is 0.217. The van der Waals surface area contributed by atoms with E-state index in [4.69, 9.17) is 0 Å². The molecule has 0 saturated heterocycles. The minimum Gasteiger partial charge on any atom is -0.294 e. The Morgan fingerprint density at radius 2 is 1.31 bits per heavy atom. The Bertz CT molecular complexity index is 1120. The standard InChI is InChI=1S/C27H20O2/c1-19(28)26-18-22-14-8-9-15-24(22)25(27(26)29)17-16-23(20-10-4-2-5-11-20)21-12-6-3-7-13-21/h2-18H,1H3/b25-17-. The van der Waals surface area contributed by atoms with Crippen molar-refractivity contribution in [3.05, 3.63) is 125 Å². The average Bonchev–Trinajstić information content (AvgIpc) is 2.76. The van der Waals surface area contributed by atoms with E-state index in [1.807, 2.05) is 72.8 Å². The Kier molecular flexibility index (Phi) is 5.17. The summed E-state index contributed by atoms with van der Waals surface area (Å²) in [5.74, 6) is -0.446. The highest BCUT2D eigenvalue weighted by atomic mass is 16.1. The maximum atomic E-state index is 13.0. The predicted molar refractivity (Wildman–Crippen MR) is 118 cm³/mol. The smallest absolute Gasteiger partial charge is 0.197 e. The zero-order valence-electron chi connectivity index (χ0n) is 16.1. The fourth-order valence-electron chi connectivity index (χ4n) is 3.54. The molecule has 0 saturated carbocycles. The summed E-state index contributed by atoms with van der Waals surface area (Å²) in [6.45, 7) is 1.44. The fourth-order valence-corrected chi connectivity index (χ4v) is 3.54. The van der Waals surface area contributed by atoms with Crippen LogP contribution in [-0.2, 0) is 9.59 Å². The summed E-state index contributed by atoms with van der Waals surface area (Å²) in [6.07, 6.45) is 5.50. The van der Waals surface area contributed by atoms with Gasteiger partial charge in [-0.05, 0) is 46.9 Å². The van der Waals surface area contributed by atoms with Crippen LogP contribution in [0.2, 0.25) is 0 Å². The highest BCUT2D eigenvalue weighted by Crippen LogP contribution is 2.32. The van der Waals surface area contributed by atoms with Crippen molar-refractivity contribution in [2.75, 3.05) is 0 Å². The first-order valence-corrected chi connectivity index (χ1v) is 9.54. The zero-order chi connectivity index (χ0) is 20.2. The van der Waals surface area contributed by atoms with Gasteiger partial charge < -0.3 is 0 Å². The van der Waals surface area contributed by atoms with Gasteiger partial charge in [-0.15, -0.1) is 0 Å². The summed E-state index contributed by atoms with van der Waals surface area (Å²) in [4.78, 5) is 25.0. The third-order valence-electron chi connectivity index (χ3n) is 5.01. The Balaban J connectivity index is 1.88. The number of carbonyl (C=O) groups is 2. The number of fused-ring (bicyclic) bond motifs is 1. The van der Waals surface area contributed by atoms with Crippen molar-refractivity contribution in [1.29, 1.82) is 0 Å². The van der Waals surface area contributed by atoms with Gasteiger partial charge in [0.25, 0.3) is 0 Å². The lowest BCUT2D eigenvalue weighted by atomic mass is 9.84. The highest BCUT2D eigenvalue weighted by Gasteiger charge is 2.25. The van der Waals surface area contributed by atoms with Crippen LogP contribution >= 0.6 is 0 Å². The van der Waals surface area contributed by atoms with Gasteiger partial charge in [-0.25, -0.2) is 0 Å². The zero-order valence-corrected chi connectivity index (χ0v) is 16.1. The summed E-state index contributed by atoms with van der Waals surface area (Å²) in [7, 11) is 0. The second kappa shape index (κ2) is 8.07. The Hall–Kier alpha value is -3.78. The van der Waals surface area contributed by atoms with Gasteiger partial charge in [0.1, 0.15) is 0 Å². The van der Waals surface area contributed by atoms with E-state index in [0.29, 0.717) is 5.57 Å². The second-order valence-electron chi connectivity index (χ2n) is 6.92. The first-order chi connectivity index (χ1) is 14.1. The number of hydrogen-bond acceptors (Lipinski definition) is 2. The maximum Gasteiger partial charge on any atom is 0.197 e. The molecule has 3 aromatic carbocycles. The summed E-state index contributed by atoms with van der Waals surface area (Å²) in [6, 6.07) is 27.8. The van der Waals surface area contributed by atoms with Crippen molar-refractivity contribution >= 4 is 28.8 Å². The van der Waals surface area contributed by atoms with Crippen molar-refractivity contribution < 1.29 is 9.59 Å². The molecule has 0 unspecified atom stereocenters. The summed E-state index contributed by atoms with van der Waals surface area (Å²) < 4.78 is 0. The van der Waals surface area contributed by atoms with E-state index in [9.17, 15) is 9.59 Å². The lowest BCUT2D eigenvalue weighted by Gasteiger charge is -2.17. The van der Waals surface area contributed by atoms with Crippen LogP contribution in [0.3, 0.4) is 0 Å². The maximum absolute atomic E-state index is 13.0. The highest BCUT2D eigenvalue weighted by molar-refractivity contribution is 6.41. The number of rotatable bonds is 4. The molecule has 0 N–H and O–H groups in total. The van der Waals surface area contributed by atoms with Crippen molar-refractivity contribution in [3.8, 4) is 0 Å². The molecule has 29 heavy (non-hydrogen) atoms. The molecule has 4 rings (SSSR count). The first-order valence-electron chi connectivity index (χ1n) is 9.54. The summed E-state index contributed by atoms with van der Waals surface area (Å²) in [5.41, 5.74) is 5.64. The van der Waals surface area contributed by atoms with Crippen LogP contribution in [0.25, 0.3) is 17.2 Å². The molecule has 1 aliphatic rings. The molecule has 2 heteroatoms. The lowest BCUT2D eigenvalue weighted by Crippen LogP contribution is -2.16. The van der Waals surface area contributed by atoms with Gasteiger partial charge in [0.15, 0.2) is 11.6 Å². The molecule has 0 heterocycles. The van der Waals surface area contributed by atoms with Crippen LogP contribution in [0, 0.1) is 0 Å². The SMILES string of the molecule is CC(=O)C1=Cc2ccccc2/C(=C/C=C(c2ccccc2)c2ccccc2)C1=O. The minimum atomic E-state index is -0.229. The van der Waals surface area contributed by atoms with Gasteiger partial charge in [0.2, 0.25) is 0 Å². The molecule has 3 aromatic rings. The Morgan fingerprint density at radius 3 is 1.90 bits per heavy atom. The first kappa shape index (κ1) is 18.6. The van der Waals surface area contributed by atoms with Crippen molar-refractivity contribution in [2.45, 2.75) is 6.92 Å². The predicted octanol–water partition coefficient (Wildman–Crippen LogP) is 5.76. The van der Waals surface area contributed by atoms with Gasteiger partial charge in [-0.2, -0.15) is 0 Å². The van der Waals surface area contributed by atoms with E-state index in [0.717, 1.165) is 27.8 Å². The molecular weight excluding hydrogens is 356 g/mol. The van der Waals surface area contributed by atoms with E-state index >= 15 is 0 Å². The van der Waals surface area contributed by atoms with Crippen LogP contribution in [0.1, 0.15) is 29.2 Å². The van der Waals surface area contributed by atoms with Crippen LogP contribution in [-0.4, -0.2) is 11.6 Å². The summed E-state index contributed by atoms with van der Waals surface area (Å²) in [5, 5.41) is 0. The van der Waals surface area contributed by atoms with Crippen molar-refractivity contribution in [1.82, 2.24) is 0 Å². The third kappa shape index (κ3) is 3.78. The number of benzene rings is 3. The van der Waals surface area contributed by atoms with Crippen LogP contribution in [0.5, 0.6) is 0 Å². The number of hydrogen-bond donors (Lipinski definition) is 0. The molecule has 0 fully saturated rings. The average molecular weight is 376 g/mol.